The van der Waals surface area contributed by atoms with E-state index in [1.165, 1.54) is 12.8 Å². The third kappa shape index (κ3) is 3.65. The number of carbonyl (C=O) groups excluding carboxylic acids is 2. The van der Waals surface area contributed by atoms with Crippen LogP contribution in [0.2, 0.25) is 0 Å². The van der Waals surface area contributed by atoms with Gasteiger partial charge >= 0.3 is 0 Å². The first-order chi connectivity index (χ1) is 13.7. The van der Waals surface area contributed by atoms with Crippen LogP contribution in [0.5, 0.6) is 0 Å². The van der Waals surface area contributed by atoms with E-state index in [0.29, 0.717) is 25.0 Å². The van der Waals surface area contributed by atoms with E-state index < -0.39 is 0 Å². The Morgan fingerprint density at radius 3 is 2.36 bits per heavy atom. The molecule has 1 saturated heterocycles. The summed E-state index contributed by atoms with van der Waals surface area (Å²) in [5, 5.41) is 2.10. The van der Waals surface area contributed by atoms with Crippen LogP contribution in [0, 0.1) is 5.92 Å². The summed E-state index contributed by atoms with van der Waals surface area (Å²) in [6.07, 6.45) is 6.34. The highest BCUT2D eigenvalue weighted by molar-refractivity contribution is 6.07. The summed E-state index contributed by atoms with van der Waals surface area (Å²) in [6, 6.07) is 14.4. The Balaban J connectivity index is 1.42. The maximum absolute atomic E-state index is 13.1. The van der Waals surface area contributed by atoms with Crippen LogP contribution < -0.4 is 0 Å². The van der Waals surface area contributed by atoms with Gasteiger partial charge in [-0.2, -0.15) is 0 Å². The molecule has 148 valence electrons. The SMILES string of the molecule is CCN(C(=O)C1CCN(C(=O)c2cccc3ccccc23)CC1)C1CCCC1. The molecule has 0 unspecified atom stereocenters. The Kier molecular flexibility index (Phi) is 5.65. The predicted octanol–water partition coefficient (Wildman–Crippen LogP) is 4.48. The Morgan fingerprint density at radius 1 is 0.964 bits per heavy atom. The molecular weight excluding hydrogens is 348 g/mol. The first-order valence-corrected chi connectivity index (χ1v) is 10.8. The zero-order valence-electron chi connectivity index (χ0n) is 16.8. The number of rotatable bonds is 4. The van der Waals surface area contributed by atoms with Crippen LogP contribution in [0.25, 0.3) is 10.8 Å². The van der Waals surface area contributed by atoms with Gasteiger partial charge in [0.1, 0.15) is 0 Å². The lowest BCUT2D eigenvalue weighted by Crippen LogP contribution is -2.47. The molecule has 1 aliphatic heterocycles. The van der Waals surface area contributed by atoms with Gasteiger partial charge in [0.05, 0.1) is 0 Å². The molecule has 2 aliphatic rings. The molecule has 2 amide bonds. The second-order valence-electron chi connectivity index (χ2n) is 8.16. The minimum atomic E-state index is 0.0668. The van der Waals surface area contributed by atoms with Gasteiger partial charge in [0.25, 0.3) is 5.91 Å². The number of amides is 2. The van der Waals surface area contributed by atoms with Crippen LogP contribution in [-0.2, 0) is 4.79 Å². The fraction of sp³-hybridized carbons (Fsp3) is 0.500. The molecule has 2 aromatic carbocycles. The van der Waals surface area contributed by atoms with Crippen molar-refractivity contribution in [3.8, 4) is 0 Å². The number of piperidine rings is 1. The molecule has 4 rings (SSSR count). The average Bonchev–Trinajstić information content (AvgIpc) is 3.28. The first kappa shape index (κ1) is 19.0. The second kappa shape index (κ2) is 8.34. The van der Waals surface area contributed by atoms with E-state index >= 15 is 0 Å². The van der Waals surface area contributed by atoms with E-state index in [9.17, 15) is 9.59 Å². The molecule has 4 heteroatoms. The number of likely N-dealkylation sites (tertiary alicyclic amines) is 1. The molecule has 2 fully saturated rings. The standard InChI is InChI=1S/C24H30N2O2/c1-2-26(20-10-4-5-11-20)23(27)19-14-16-25(17-15-19)24(28)22-13-7-9-18-8-3-6-12-21(18)22/h3,6-9,12-13,19-20H,2,4-5,10-11,14-17H2,1H3. The van der Waals surface area contributed by atoms with Crippen LogP contribution in [0.4, 0.5) is 0 Å². The molecular formula is C24H30N2O2. The van der Waals surface area contributed by atoms with Crippen LogP contribution >= 0.6 is 0 Å². The Morgan fingerprint density at radius 2 is 1.64 bits per heavy atom. The molecule has 0 spiro atoms. The molecule has 4 nitrogen and oxygen atoms in total. The maximum atomic E-state index is 13.1. The topological polar surface area (TPSA) is 40.6 Å². The van der Waals surface area contributed by atoms with Crippen molar-refractivity contribution < 1.29 is 9.59 Å². The van der Waals surface area contributed by atoms with Gasteiger partial charge in [-0.05, 0) is 49.4 Å². The van der Waals surface area contributed by atoms with Gasteiger partial charge in [0.2, 0.25) is 5.91 Å². The summed E-state index contributed by atoms with van der Waals surface area (Å²) in [5.41, 5.74) is 0.768. The van der Waals surface area contributed by atoms with E-state index in [1.54, 1.807) is 0 Å². The van der Waals surface area contributed by atoms with Gasteiger partial charge in [0.15, 0.2) is 0 Å². The predicted molar refractivity (Wildman–Crippen MR) is 112 cm³/mol. The first-order valence-electron chi connectivity index (χ1n) is 10.8. The summed E-state index contributed by atoms with van der Waals surface area (Å²) in [5.74, 6) is 0.467. The Labute approximate surface area is 167 Å². The van der Waals surface area contributed by atoms with Crippen molar-refractivity contribution in [2.45, 2.75) is 51.5 Å². The normalized spacial score (nSPS) is 18.5. The van der Waals surface area contributed by atoms with Crippen molar-refractivity contribution in [3.05, 3.63) is 48.0 Å². The number of carbonyl (C=O) groups is 2. The summed E-state index contributed by atoms with van der Waals surface area (Å²) >= 11 is 0. The molecule has 28 heavy (non-hydrogen) atoms. The number of nitrogens with zero attached hydrogens (tertiary/aromatic N) is 2. The van der Waals surface area contributed by atoms with Gasteiger partial charge in [0, 0.05) is 37.2 Å². The molecule has 2 aromatic rings. The van der Waals surface area contributed by atoms with E-state index in [1.807, 2.05) is 47.4 Å². The minimum absolute atomic E-state index is 0.0668. The summed E-state index contributed by atoms with van der Waals surface area (Å²) in [7, 11) is 0. The van der Waals surface area contributed by atoms with Crippen molar-refractivity contribution in [2.24, 2.45) is 5.92 Å². The average molecular weight is 379 g/mol. The number of hydrogen-bond acceptors (Lipinski definition) is 2. The highest BCUT2D eigenvalue weighted by Gasteiger charge is 2.33. The maximum Gasteiger partial charge on any atom is 0.254 e. The van der Waals surface area contributed by atoms with E-state index in [4.69, 9.17) is 0 Å². The van der Waals surface area contributed by atoms with Crippen LogP contribution in [0.1, 0.15) is 55.8 Å². The molecule has 0 radical (unpaired) electrons. The highest BCUT2D eigenvalue weighted by atomic mass is 16.2. The molecule has 1 saturated carbocycles. The van der Waals surface area contributed by atoms with Gasteiger partial charge in [-0.1, -0.05) is 49.2 Å². The Hall–Kier alpha value is -2.36. The lowest BCUT2D eigenvalue weighted by atomic mass is 9.93. The van der Waals surface area contributed by atoms with Crippen molar-refractivity contribution in [2.75, 3.05) is 19.6 Å². The number of benzene rings is 2. The van der Waals surface area contributed by atoms with E-state index in [-0.39, 0.29) is 11.8 Å². The summed E-state index contributed by atoms with van der Waals surface area (Å²) in [4.78, 5) is 30.2. The summed E-state index contributed by atoms with van der Waals surface area (Å²) < 4.78 is 0. The number of hydrogen-bond donors (Lipinski definition) is 0. The van der Waals surface area contributed by atoms with Gasteiger partial charge < -0.3 is 9.80 Å². The van der Waals surface area contributed by atoms with E-state index in [0.717, 1.165) is 48.6 Å². The Bertz CT molecular complexity index is 843. The largest absolute Gasteiger partial charge is 0.340 e. The fourth-order valence-electron chi connectivity index (χ4n) is 4.96. The van der Waals surface area contributed by atoms with E-state index in [2.05, 4.69) is 11.8 Å². The molecule has 0 aromatic heterocycles. The molecule has 0 bridgehead atoms. The second-order valence-corrected chi connectivity index (χ2v) is 8.16. The smallest absolute Gasteiger partial charge is 0.254 e. The van der Waals surface area contributed by atoms with Gasteiger partial charge in [-0.3, -0.25) is 9.59 Å². The van der Waals surface area contributed by atoms with Crippen LogP contribution in [0.3, 0.4) is 0 Å². The monoisotopic (exact) mass is 378 g/mol. The minimum Gasteiger partial charge on any atom is -0.340 e. The molecule has 0 N–H and O–H groups in total. The zero-order valence-corrected chi connectivity index (χ0v) is 16.8. The quantitative estimate of drug-likeness (QED) is 0.787. The van der Waals surface area contributed by atoms with Crippen LogP contribution in [-0.4, -0.2) is 47.3 Å². The molecule has 1 heterocycles. The molecule has 1 aliphatic carbocycles. The van der Waals surface area contributed by atoms with Crippen molar-refractivity contribution >= 4 is 22.6 Å². The third-order valence-electron chi connectivity index (χ3n) is 6.54. The lowest BCUT2D eigenvalue weighted by Gasteiger charge is -2.36. The number of fused-ring (bicyclic) bond motifs is 1. The van der Waals surface area contributed by atoms with Crippen LogP contribution in [0.15, 0.2) is 42.5 Å². The van der Waals surface area contributed by atoms with Gasteiger partial charge in [-0.15, -0.1) is 0 Å². The lowest BCUT2D eigenvalue weighted by molar-refractivity contribution is -0.139. The zero-order chi connectivity index (χ0) is 19.5. The fourth-order valence-corrected chi connectivity index (χ4v) is 4.96. The third-order valence-corrected chi connectivity index (χ3v) is 6.54. The highest BCUT2D eigenvalue weighted by Crippen LogP contribution is 2.28. The van der Waals surface area contributed by atoms with Crippen molar-refractivity contribution in [3.63, 3.8) is 0 Å². The summed E-state index contributed by atoms with van der Waals surface area (Å²) in [6.45, 7) is 4.23. The van der Waals surface area contributed by atoms with Crippen molar-refractivity contribution in [1.29, 1.82) is 0 Å². The van der Waals surface area contributed by atoms with Gasteiger partial charge in [-0.25, -0.2) is 0 Å². The molecule has 0 atom stereocenters. The van der Waals surface area contributed by atoms with Crippen molar-refractivity contribution in [1.82, 2.24) is 9.80 Å².